The van der Waals surface area contributed by atoms with Gasteiger partial charge in [0.15, 0.2) is 0 Å². The monoisotopic (exact) mass is 833 g/mol. The van der Waals surface area contributed by atoms with E-state index in [0.29, 0.717) is 5.92 Å². The fourth-order valence-electron chi connectivity index (χ4n) is 10.2. The Kier molecular flexibility index (Phi) is 8.77. The van der Waals surface area contributed by atoms with Crippen molar-refractivity contribution in [2.75, 3.05) is 0 Å². The molecule has 0 saturated carbocycles. The first-order valence-electron chi connectivity index (χ1n) is 23.2. The molecule has 3 aromatic heterocycles. The maximum atomic E-state index is 2.51. The van der Waals surface area contributed by atoms with Gasteiger partial charge in [-0.25, -0.2) is 0 Å². The molecular weight excluding hydrogens is 775 g/mol. The van der Waals surface area contributed by atoms with Crippen LogP contribution in [0.25, 0.3) is 93.3 Å². The van der Waals surface area contributed by atoms with Gasteiger partial charge in [-0.3, -0.25) is 0 Å². The summed E-state index contributed by atoms with van der Waals surface area (Å²) < 4.78 is 7.49. The van der Waals surface area contributed by atoms with Crippen LogP contribution in [0, 0.1) is 0 Å². The van der Waals surface area contributed by atoms with E-state index in [2.05, 4.69) is 242 Å². The van der Waals surface area contributed by atoms with Gasteiger partial charge in [0, 0.05) is 49.4 Å². The van der Waals surface area contributed by atoms with Gasteiger partial charge in [-0.15, -0.1) is 0 Å². The van der Waals surface area contributed by atoms with E-state index >= 15 is 0 Å². The minimum atomic E-state index is 0.0361. The van der Waals surface area contributed by atoms with Crippen LogP contribution in [0.15, 0.2) is 152 Å². The highest BCUT2D eigenvalue weighted by Crippen LogP contribution is 2.42. The normalized spacial score (nSPS) is 13.1. The maximum absolute atomic E-state index is 2.51. The largest absolute Gasteiger partial charge is 0.309 e. The van der Waals surface area contributed by atoms with Crippen molar-refractivity contribution in [3.63, 3.8) is 0 Å². The number of hydrogen-bond donors (Lipinski definition) is 0. The lowest BCUT2D eigenvalue weighted by Gasteiger charge is -2.19. The van der Waals surface area contributed by atoms with Crippen LogP contribution >= 0.6 is 0 Å². The molecule has 0 unspecified atom stereocenters. The lowest BCUT2D eigenvalue weighted by Crippen LogP contribution is -2.10. The molecule has 0 amide bonds. The number of fused-ring (bicyclic) bond motifs is 10. The van der Waals surface area contributed by atoms with Gasteiger partial charge >= 0.3 is 0 Å². The van der Waals surface area contributed by atoms with Gasteiger partial charge in [-0.05, 0) is 140 Å². The summed E-state index contributed by atoms with van der Waals surface area (Å²) in [6.45, 7) is 25.4. The maximum Gasteiger partial charge on any atom is 0.0561 e. The van der Waals surface area contributed by atoms with Crippen LogP contribution in [0.4, 0.5) is 0 Å². The Hall–Kier alpha value is -6.58. The Bertz CT molecular complexity index is 3620. The van der Waals surface area contributed by atoms with Crippen molar-refractivity contribution in [1.82, 2.24) is 13.7 Å². The van der Waals surface area contributed by atoms with E-state index in [1.807, 2.05) is 0 Å². The average molecular weight is 834 g/mol. The first kappa shape index (κ1) is 40.2. The van der Waals surface area contributed by atoms with Crippen molar-refractivity contribution in [3.8, 4) is 17.1 Å². The smallest absolute Gasteiger partial charge is 0.0561 e. The lowest BCUT2D eigenvalue weighted by atomic mass is 9.85. The van der Waals surface area contributed by atoms with Crippen LogP contribution in [-0.2, 0) is 16.2 Å². The molecule has 0 aliphatic carbocycles. The summed E-state index contributed by atoms with van der Waals surface area (Å²) in [5, 5.41) is 10.2. The molecule has 3 nitrogen and oxygen atoms in total. The van der Waals surface area contributed by atoms with E-state index < -0.39 is 0 Å². The second kappa shape index (κ2) is 14.0. The summed E-state index contributed by atoms with van der Waals surface area (Å²) in [6, 6.07) is 58.3. The van der Waals surface area contributed by atoms with Crippen molar-refractivity contribution in [1.29, 1.82) is 0 Å². The fraction of sp³-hybridized carbons (Fsp3) is 0.246. The zero-order valence-electron chi connectivity index (χ0n) is 39.4. The van der Waals surface area contributed by atoms with Gasteiger partial charge in [0.25, 0.3) is 0 Å². The highest BCUT2D eigenvalue weighted by atomic mass is 15.0. The van der Waals surface area contributed by atoms with E-state index in [1.165, 1.54) is 98.4 Å². The summed E-state index contributed by atoms with van der Waals surface area (Å²) >= 11 is 0. The highest BCUT2D eigenvalue weighted by Gasteiger charge is 2.24. The summed E-state index contributed by atoms with van der Waals surface area (Å²) in [5.41, 5.74) is 16.3. The third-order valence-corrected chi connectivity index (χ3v) is 14.1. The molecule has 0 saturated heterocycles. The van der Waals surface area contributed by atoms with Crippen LogP contribution in [0.2, 0.25) is 0 Å². The molecule has 64 heavy (non-hydrogen) atoms. The topological polar surface area (TPSA) is 14.8 Å². The van der Waals surface area contributed by atoms with Gasteiger partial charge in [0.1, 0.15) is 0 Å². The quantitative estimate of drug-likeness (QED) is 0.168. The molecule has 0 radical (unpaired) electrons. The van der Waals surface area contributed by atoms with Gasteiger partial charge in [-0.1, -0.05) is 143 Å². The molecule has 3 heteroatoms. The Labute approximate surface area is 377 Å². The third kappa shape index (κ3) is 6.30. The molecule has 3 heterocycles. The van der Waals surface area contributed by atoms with Crippen molar-refractivity contribution in [2.45, 2.75) is 98.3 Å². The van der Waals surface area contributed by atoms with E-state index in [9.17, 15) is 0 Å². The zero-order chi connectivity index (χ0) is 44.6. The van der Waals surface area contributed by atoms with Crippen molar-refractivity contribution >= 4 is 76.2 Å². The Balaban J connectivity index is 1.20. The summed E-state index contributed by atoms with van der Waals surface area (Å²) in [7, 11) is 0. The molecule has 0 N–H and O–H groups in total. The minimum absolute atomic E-state index is 0.0361. The van der Waals surface area contributed by atoms with Gasteiger partial charge in [0.2, 0.25) is 0 Å². The molecule has 0 aliphatic heterocycles. The van der Waals surface area contributed by atoms with Crippen LogP contribution in [0.3, 0.4) is 0 Å². The lowest BCUT2D eigenvalue weighted by molar-refractivity contribution is 0.590. The number of hydrogen-bond acceptors (Lipinski definition) is 0. The van der Waals surface area contributed by atoms with Crippen LogP contribution in [0.1, 0.15) is 104 Å². The molecule has 11 aromatic rings. The number of aromatic nitrogens is 3. The summed E-state index contributed by atoms with van der Waals surface area (Å²) in [4.78, 5) is 0. The van der Waals surface area contributed by atoms with Crippen molar-refractivity contribution in [3.05, 3.63) is 174 Å². The Morgan fingerprint density at radius 2 is 0.688 bits per heavy atom. The standard InChI is InChI=1S/C61H59N3/c1-37(2)39-17-26-53-49(31-39)50-32-41(59(3,4)5)18-27-54(50)62(53)45-22-24-47-48-25-23-46(36-58(48)64(57(47)35-45)44-21-16-38-14-12-13-15-40(38)30-44)63-55-28-19-42(60(6,7)8)33-51(55)52-34-43(61(9,10)11)20-29-56(52)63/h12-37H,1-11H3. The minimum Gasteiger partial charge on any atom is -0.309 e. The number of benzene rings is 8. The first-order chi connectivity index (χ1) is 30.4. The van der Waals surface area contributed by atoms with Crippen LogP contribution in [-0.4, -0.2) is 13.7 Å². The van der Waals surface area contributed by atoms with Crippen molar-refractivity contribution in [2.24, 2.45) is 0 Å². The molecule has 11 rings (SSSR count). The van der Waals surface area contributed by atoms with E-state index in [1.54, 1.807) is 0 Å². The molecular formula is C61H59N3. The average Bonchev–Trinajstić information content (AvgIpc) is 3.89. The van der Waals surface area contributed by atoms with E-state index in [0.717, 1.165) is 17.1 Å². The zero-order valence-corrected chi connectivity index (χ0v) is 39.4. The molecule has 0 bridgehead atoms. The molecule has 0 fully saturated rings. The van der Waals surface area contributed by atoms with Gasteiger partial charge < -0.3 is 13.7 Å². The van der Waals surface area contributed by atoms with E-state index in [-0.39, 0.29) is 16.2 Å². The Morgan fingerprint density at radius 1 is 0.312 bits per heavy atom. The summed E-state index contributed by atoms with van der Waals surface area (Å²) in [6.07, 6.45) is 0. The molecule has 0 spiro atoms. The highest BCUT2D eigenvalue weighted by molar-refractivity contribution is 6.14. The predicted molar refractivity (Wildman–Crippen MR) is 277 cm³/mol. The molecule has 8 aromatic carbocycles. The number of rotatable bonds is 4. The number of nitrogens with zero attached hydrogens (tertiary/aromatic N) is 3. The SMILES string of the molecule is CC(C)c1ccc2c(c1)c1cc(C(C)(C)C)ccc1n2-c1ccc2c3ccc(-n4c5ccc(C(C)(C)C)cc5c5cc(C(C)(C)C)ccc54)cc3n(-c3ccc4ccccc4c3)c2c1. The van der Waals surface area contributed by atoms with Gasteiger partial charge in [0.05, 0.1) is 33.1 Å². The van der Waals surface area contributed by atoms with Crippen molar-refractivity contribution < 1.29 is 0 Å². The predicted octanol–water partition coefficient (Wildman–Crippen LogP) is 17.1. The van der Waals surface area contributed by atoms with E-state index in [4.69, 9.17) is 0 Å². The summed E-state index contributed by atoms with van der Waals surface area (Å²) in [5.74, 6) is 0.442. The van der Waals surface area contributed by atoms with Crippen LogP contribution in [0.5, 0.6) is 0 Å². The Morgan fingerprint density at radius 3 is 1.12 bits per heavy atom. The fourth-order valence-corrected chi connectivity index (χ4v) is 10.2. The second-order valence-electron chi connectivity index (χ2n) is 21.8. The molecule has 318 valence electrons. The first-order valence-corrected chi connectivity index (χ1v) is 23.2. The van der Waals surface area contributed by atoms with Gasteiger partial charge in [-0.2, -0.15) is 0 Å². The molecule has 0 aliphatic rings. The van der Waals surface area contributed by atoms with Crippen LogP contribution < -0.4 is 0 Å². The molecule has 0 atom stereocenters. The third-order valence-electron chi connectivity index (χ3n) is 14.1. The second-order valence-corrected chi connectivity index (χ2v) is 21.8.